The van der Waals surface area contributed by atoms with Crippen LogP contribution in [0.15, 0.2) is 24.7 Å². The van der Waals surface area contributed by atoms with E-state index in [1.807, 2.05) is 19.9 Å². The maximum atomic E-state index is 11.0. The number of amides is 1. The predicted octanol–water partition coefficient (Wildman–Crippen LogP) is 2.11. The fourth-order valence-corrected chi connectivity index (χ4v) is 1.61. The molecule has 0 aliphatic carbocycles. The molecule has 0 aromatic carbocycles. The summed E-state index contributed by atoms with van der Waals surface area (Å²) in [4.78, 5) is 23.7. The predicted molar refractivity (Wildman–Crippen MR) is 69.0 cm³/mol. The molecule has 0 atom stereocenters. The summed E-state index contributed by atoms with van der Waals surface area (Å²) in [5.41, 5.74) is 3.42. The number of nitrogens with zero attached hydrogens (tertiary/aromatic N) is 3. The maximum Gasteiger partial charge on any atom is 0.222 e. The first kappa shape index (κ1) is 12.2. The van der Waals surface area contributed by atoms with Crippen molar-refractivity contribution >= 4 is 11.7 Å². The van der Waals surface area contributed by atoms with Gasteiger partial charge in [-0.25, -0.2) is 9.97 Å². The van der Waals surface area contributed by atoms with Crippen LogP contribution in [0.4, 0.5) is 5.82 Å². The molecule has 0 saturated heterocycles. The topological polar surface area (TPSA) is 67.8 Å². The Morgan fingerprint density at radius 3 is 2.61 bits per heavy atom. The Bertz CT molecular complexity index is 595. The molecule has 0 radical (unpaired) electrons. The van der Waals surface area contributed by atoms with Gasteiger partial charge in [-0.2, -0.15) is 0 Å². The molecule has 2 aromatic rings. The van der Waals surface area contributed by atoms with Gasteiger partial charge in [0.1, 0.15) is 0 Å². The van der Waals surface area contributed by atoms with E-state index in [2.05, 4.69) is 20.3 Å². The molecule has 2 aromatic heterocycles. The molecule has 0 aliphatic heterocycles. The Balaban J connectivity index is 2.37. The minimum atomic E-state index is -0.155. The van der Waals surface area contributed by atoms with E-state index in [1.54, 1.807) is 18.6 Å². The highest BCUT2D eigenvalue weighted by Gasteiger charge is 2.06. The molecule has 18 heavy (non-hydrogen) atoms. The lowest BCUT2D eigenvalue weighted by Gasteiger charge is -2.07. The zero-order chi connectivity index (χ0) is 13.1. The Morgan fingerprint density at radius 2 is 2.00 bits per heavy atom. The van der Waals surface area contributed by atoms with Gasteiger partial charge in [-0.15, -0.1) is 0 Å². The molecule has 92 valence electrons. The van der Waals surface area contributed by atoms with Crippen LogP contribution in [-0.2, 0) is 4.79 Å². The zero-order valence-electron chi connectivity index (χ0n) is 10.6. The van der Waals surface area contributed by atoms with E-state index in [0.717, 1.165) is 16.8 Å². The molecular formula is C13H14N4O. The fourth-order valence-electron chi connectivity index (χ4n) is 1.61. The van der Waals surface area contributed by atoms with Gasteiger partial charge in [0.05, 0.1) is 17.6 Å². The standard InChI is InChI=1S/C13H14N4O/c1-8-4-11(6-14-5-8)12-7-15-13(9(2)16-12)17-10(3)18/h4-7H,1-3H3,(H,15,17,18). The first-order valence-electron chi connectivity index (χ1n) is 5.59. The summed E-state index contributed by atoms with van der Waals surface area (Å²) in [6.45, 7) is 5.23. The van der Waals surface area contributed by atoms with Crippen molar-refractivity contribution in [2.75, 3.05) is 5.32 Å². The lowest BCUT2D eigenvalue weighted by atomic mass is 10.2. The summed E-state index contributed by atoms with van der Waals surface area (Å²) in [6.07, 6.45) is 5.17. The summed E-state index contributed by atoms with van der Waals surface area (Å²) in [5.74, 6) is 0.337. The molecule has 0 aliphatic rings. The third-order valence-electron chi connectivity index (χ3n) is 2.41. The average Bonchev–Trinajstić information content (AvgIpc) is 2.31. The van der Waals surface area contributed by atoms with Crippen molar-refractivity contribution in [1.82, 2.24) is 15.0 Å². The second-order valence-electron chi connectivity index (χ2n) is 4.12. The van der Waals surface area contributed by atoms with Crippen LogP contribution in [-0.4, -0.2) is 20.9 Å². The first-order chi connectivity index (χ1) is 8.56. The quantitative estimate of drug-likeness (QED) is 0.875. The van der Waals surface area contributed by atoms with E-state index in [-0.39, 0.29) is 5.91 Å². The van der Waals surface area contributed by atoms with Crippen LogP contribution in [0, 0.1) is 13.8 Å². The number of anilines is 1. The number of aryl methyl sites for hydroxylation is 2. The van der Waals surface area contributed by atoms with Crippen LogP contribution in [0.1, 0.15) is 18.2 Å². The van der Waals surface area contributed by atoms with Crippen molar-refractivity contribution in [3.8, 4) is 11.3 Å². The van der Waals surface area contributed by atoms with Gasteiger partial charge in [0.15, 0.2) is 5.82 Å². The molecule has 1 N–H and O–H groups in total. The van der Waals surface area contributed by atoms with Gasteiger partial charge in [-0.1, -0.05) is 0 Å². The van der Waals surface area contributed by atoms with Crippen LogP contribution in [0.2, 0.25) is 0 Å². The fraction of sp³-hybridized carbons (Fsp3) is 0.231. The molecule has 2 heterocycles. The van der Waals surface area contributed by atoms with Gasteiger partial charge in [0.2, 0.25) is 5.91 Å². The molecular weight excluding hydrogens is 228 g/mol. The van der Waals surface area contributed by atoms with Crippen molar-refractivity contribution in [2.45, 2.75) is 20.8 Å². The number of carbonyl (C=O) groups is 1. The van der Waals surface area contributed by atoms with Gasteiger partial charge in [0, 0.05) is 24.9 Å². The van der Waals surface area contributed by atoms with E-state index in [1.165, 1.54) is 6.92 Å². The smallest absolute Gasteiger partial charge is 0.222 e. The summed E-state index contributed by atoms with van der Waals surface area (Å²) in [6, 6.07) is 1.99. The van der Waals surface area contributed by atoms with E-state index in [4.69, 9.17) is 0 Å². The second-order valence-corrected chi connectivity index (χ2v) is 4.12. The Kier molecular flexibility index (Phi) is 3.32. The molecule has 0 bridgehead atoms. The van der Waals surface area contributed by atoms with Crippen LogP contribution in [0.3, 0.4) is 0 Å². The molecule has 0 spiro atoms. The van der Waals surface area contributed by atoms with Crippen LogP contribution in [0.25, 0.3) is 11.3 Å². The van der Waals surface area contributed by atoms with Crippen LogP contribution in [0.5, 0.6) is 0 Å². The second kappa shape index (κ2) is 4.91. The number of hydrogen-bond donors (Lipinski definition) is 1. The SMILES string of the molecule is CC(=O)Nc1ncc(-c2cncc(C)c2)nc1C. The largest absolute Gasteiger partial charge is 0.309 e. The molecule has 0 fully saturated rings. The van der Waals surface area contributed by atoms with Crippen molar-refractivity contribution in [3.05, 3.63) is 35.9 Å². The number of rotatable bonds is 2. The van der Waals surface area contributed by atoms with Crippen molar-refractivity contribution in [3.63, 3.8) is 0 Å². The summed E-state index contributed by atoms with van der Waals surface area (Å²) < 4.78 is 0. The highest BCUT2D eigenvalue weighted by Crippen LogP contribution is 2.19. The lowest BCUT2D eigenvalue weighted by Crippen LogP contribution is -2.10. The summed E-state index contributed by atoms with van der Waals surface area (Å²) in [7, 11) is 0. The highest BCUT2D eigenvalue weighted by molar-refractivity contribution is 5.88. The monoisotopic (exact) mass is 242 g/mol. The maximum absolute atomic E-state index is 11.0. The third-order valence-corrected chi connectivity index (χ3v) is 2.41. The van der Waals surface area contributed by atoms with Crippen LogP contribution < -0.4 is 5.32 Å². The summed E-state index contributed by atoms with van der Waals surface area (Å²) >= 11 is 0. The van der Waals surface area contributed by atoms with E-state index in [9.17, 15) is 4.79 Å². The number of aromatic nitrogens is 3. The van der Waals surface area contributed by atoms with Crippen molar-refractivity contribution in [1.29, 1.82) is 0 Å². The molecule has 5 nitrogen and oxygen atoms in total. The van der Waals surface area contributed by atoms with Crippen LogP contribution >= 0.6 is 0 Å². The highest BCUT2D eigenvalue weighted by atomic mass is 16.1. The van der Waals surface area contributed by atoms with E-state index in [0.29, 0.717) is 11.5 Å². The molecule has 0 saturated carbocycles. The van der Waals surface area contributed by atoms with Gasteiger partial charge < -0.3 is 5.32 Å². The van der Waals surface area contributed by atoms with Gasteiger partial charge >= 0.3 is 0 Å². The molecule has 0 unspecified atom stereocenters. The van der Waals surface area contributed by atoms with Crippen molar-refractivity contribution in [2.24, 2.45) is 0 Å². The van der Waals surface area contributed by atoms with Gasteiger partial charge in [-0.3, -0.25) is 9.78 Å². The van der Waals surface area contributed by atoms with Gasteiger partial charge in [0.25, 0.3) is 0 Å². The molecule has 1 amide bonds. The molecule has 2 rings (SSSR count). The van der Waals surface area contributed by atoms with E-state index >= 15 is 0 Å². The normalized spacial score (nSPS) is 10.2. The lowest BCUT2D eigenvalue weighted by molar-refractivity contribution is -0.114. The molecule has 5 heteroatoms. The van der Waals surface area contributed by atoms with Crippen molar-refractivity contribution < 1.29 is 4.79 Å². The first-order valence-corrected chi connectivity index (χ1v) is 5.59. The Labute approximate surface area is 105 Å². The Hall–Kier alpha value is -2.30. The minimum Gasteiger partial charge on any atom is -0.309 e. The van der Waals surface area contributed by atoms with E-state index < -0.39 is 0 Å². The zero-order valence-corrected chi connectivity index (χ0v) is 10.6. The third kappa shape index (κ3) is 2.68. The number of hydrogen-bond acceptors (Lipinski definition) is 4. The number of pyridine rings is 1. The average molecular weight is 242 g/mol. The minimum absolute atomic E-state index is 0.155. The number of nitrogens with one attached hydrogen (secondary N) is 1. The summed E-state index contributed by atoms with van der Waals surface area (Å²) in [5, 5.41) is 2.63. The Morgan fingerprint density at radius 1 is 1.22 bits per heavy atom. The van der Waals surface area contributed by atoms with Gasteiger partial charge in [-0.05, 0) is 25.5 Å². The number of carbonyl (C=O) groups excluding carboxylic acids is 1.